The number of carbonyl (C=O) groups excluding carboxylic acids is 2. The summed E-state index contributed by atoms with van der Waals surface area (Å²) >= 11 is 1.39. The van der Waals surface area contributed by atoms with E-state index in [1.165, 1.54) is 11.3 Å². The van der Waals surface area contributed by atoms with Crippen molar-refractivity contribution >= 4 is 28.8 Å². The molecule has 0 aliphatic heterocycles. The molecule has 1 aromatic carbocycles. The second kappa shape index (κ2) is 6.93. The number of aryl methyl sites for hydroxylation is 1. The van der Waals surface area contributed by atoms with E-state index in [4.69, 9.17) is 0 Å². The minimum atomic E-state index is -1.21. The lowest BCUT2D eigenvalue weighted by molar-refractivity contribution is -0.136. The molecule has 1 unspecified atom stereocenters. The Morgan fingerprint density at radius 2 is 1.91 bits per heavy atom. The molecule has 1 heterocycles. The highest BCUT2D eigenvalue weighted by Crippen LogP contribution is 2.24. The Balaban J connectivity index is 1.95. The van der Waals surface area contributed by atoms with E-state index >= 15 is 0 Å². The molecule has 2 amide bonds. The Labute approximate surface area is 139 Å². The van der Waals surface area contributed by atoms with Gasteiger partial charge in [0.05, 0.1) is 6.54 Å². The summed E-state index contributed by atoms with van der Waals surface area (Å²) in [6.45, 7) is 5.38. The van der Waals surface area contributed by atoms with Crippen LogP contribution in [0.25, 0.3) is 0 Å². The molecular weight excluding hydrogens is 312 g/mol. The minimum absolute atomic E-state index is 0.0352. The molecule has 0 aliphatic carbocycles. The van der Waals surface area contributed by atoms with Crippen LogP contribution in [0.5, 0.6) is 0 Å². The van der Waals surface area contributed by atoms with Crippen LogP contribution >= 0.6 is 11.3 Å². The third-order valence-electron chi connectivity index (χ3n) is 3.70. The molecule has 1 aromatic heterocycles. The Morgan fingerprint density at radius 1 is 1.17 bits per heavy atom. The number of amides is 2. The van der Waals surface area contributed by atoms with Gasteiger partial charge in [0.1, 0.15) is 5.60 Å². The molecule has 23 heavy (non-hydrogen) atoms. The summed E-state index contributed by atoms with van der Waals surface area (Å²) in [5.74, 6) is -1.52. The molecule has 2 aromatic rings. The zero-order valence-electron chi connectivity index (χ0n) is 13.3. The zero-order chi connectivity index (χ0) is 17.0. The van der Waals surface area contributed by atoms with E-state index in [0.29, 0.717) is 5.69 Å². The fourth-order valence-electron chi connectivity index (χ4n) is 2.07. The van der Waals surface area contributed by atoms with Gasteiger partial charge in [-0.1, -0.05) is 18.2 Å². The Hall–Kier alpha value is -2.18. The van der Waals surface area contributed by atoms with Gasteiger partial charge in [0.25, 0.3) is 0 Å². The quantitative estimate of drug-likeness (QED) is 0.752. The lowest BCUT2D eigenvalue weighted by atomic mass is 10.1. The van der Waals surface area contributed by atoms with Crippen molar-refractivity contribution < 1.29 is 14.7 Å². The van der Waals surface area contributed by atoms with E-state index in [9.17, 15) is 14.7 Å². The summed E-state index contributed by atoms with van der Waals surface area (Å²) in [5.41, 5.74) is 1.35. The lowest BCUT2D eigenvalue weighted by Crippen LogP contribution is -2.43. The Kier molecular flexibility index (Phi) is 5.18. The van der Waals surface area contributed by atoms with Gasteiger partial charge in [0.15, 0.2) is 0 Å². The van der Waals surface area contributed by atoms with Crippen LogP contribution in [0, 0.1) is 13.8 Å². The molecule has 2 rings (SSSR count). The normalized spacial score (nSPS) is 13.2. The standard InChI is InChI=1S/C17H20N2O3S/c1-11-6-4-7-13(12(11)2)19-16(21)15(20)18-10-17(3,22)14-8-5-9-23-14/h4-9,22H,10H2,1-3H3,(H,18,20)(H,19,21). The van der Waals surface area contributed by atoms with E-state index < -0.39 is 17.4 Å². The van der Waals surface area contributed by atoms with E-state index in [0.717, 1.165) is 16.0 Å². The van der Waals surface area contributed by atoms with Crippen LogP contribution in [0.2, 0.25) is 0 Å². The molecule has 0 spiro atoms. The summed E-state index contributed by atoms with van der Waals surface area (Å²) in [6.07, 6.45) is 0. The van der Waals surface area contributed by atoms with Crippen LogP contribution in [0.1, 0.15) is 22.9 Å². The predicted molar refractivity (Wildman–Crippen MR) is 91.4 cm³/mol. The van der Waals surface area contributed by atoms with Crippen molar-refractivity contribution in [3.8, 4) is 0 Å². The maximum atomic E-state index is 12.0. The first kappa shape index (κ1) is 17.2. The minimum Gasteiger partial charge on any atom is -0.383 e. The van der Waals surface area contributed by atoms with E-state index in [-0.39, 0.29) is 6.54 Å². The number of hydrogen-bond donors (Lipinski definition) is 3. The highest BCUT2D eigenvalue weighted by molar-refractivity contribution is 7.10. The molecule has 1 atom stereocenters. The number of aliphatic hydroxyl groups is 1. The second-order valence-electron chi connectivity index (χ2n) is 5.64. The van der Waals surface area contributed by atoms with Crippen LogP contribution in [0.4, 0.5) is 5.69 Å². The summed E-state index contributed by atoms with van der Waals surface area (Å²) in [6, 6.07) is 9.10. The zero-order valence-corrected chi connectivity index (χ0v) is 14.2. The molecule has 0 radical (unpaired) electrons. The number of thiophene rings is 1. The average molecular weight is 332 g/mol. The number of hydrogen-bond acceptors (Lipinski definition) is 4. The first-order valence-corrected chi connectivity index (χ1v) is 8.11. The molecule has 3 N–H and O–H groups in total. The van der Waals surface area contributed by atoms with Crippen molar-refractivity contribution in [3.63, 3.8) is 0 Å². The van der Waals surface area contributed by atoms with Crippen LogP contribution in [0.15, 0.2) is 35.7 Å². The van der Waals surface area contributed by atoms with Crippen molar-refractivity contribution in [2.45, 2.75) is 26.4 Å². The van der Waals surface area contributed by atoms with Crippen LogP contribution in [-0.2, 0) is 15.2 Å². The van der Waals surface area contributed by atoms with Gasteiger partial charge in [-0.3, -0.25) is 9.59 Å². The summed E-state index contributed by atoms with van der Waals surface area (Å²) < 4.78 is 0. The lowest BCUT2D eigenvalue weighted by Gasteiger charge is -2.22. The predicted octanol–water partition coefficient (Wildman–Crippen LogP) is 2.33. The molecule has 0 saturated carbocycles. The number of anilines is 1. The summed E-state index contributed by atoms with van der Waals surface area (Å²) in [7, 11) is 0. The van der Waals surface area contributed by atoms with Crippen molar-refractivity contribution in [3.05, 3.63) is 51.7 Å². The molecule has 122 valence electrons. The van der Waals surface area contributed by atoms with Gasteiger partial charge in [-0.25, -0.2) is 0 Å². The molecule has 0 bridgehead atoms. The van der Waals surface area contributed by atoms with Crippen molar-refractivity contribution in [2.24, 2.45) is 0 Å². The number of carbonyl (C=O) groups is 2. The average Bonchev–Trinajstić information content (AvgIpc) is 3.04. The summed E-state index contributed by atoms with van der Waals surface area (Å²) in [5, 5.41) is 17.2. The third-order valence-corrected chi connectivity index (χ3v) is 4.83. The van der Waals surface area contributed by atoms with Gasteiger partial charge in [-0.15, -0.1) is 11.3 Å². The van der Waals surface area contributed by atoms with E-state index in [1.54, 1.807) is 19.1 Å². The molecule has 5 nitrogen and oxygen atoms in total. The smallest absolute Gasteiger partial charge is 0.313 e. The van der Waals surface area contributed by atoms with Gasteiger partial charge >= 0.3 is 11.8 Å². The van der Waals surface area contributed by atoms with E-state index in [1.807, 2.05) is 37.4 Å². The van der Waals surface area contributed by atoms with Gasteiger partial charge in [-0.2, -0.15) is 0 Å². The Bertz CT molecular complexity index is 709. The van der Waals surface area contributed by atoms with Crippen molar-refractivity contribution in [1.82, 2.24) is 5.32 Å². The molecule has 0 saturated heterocycles. The van der Waals surface area contributed by atoms with Crippen LogP contribution in [-0.4, -0.2) is 23.5 Å². The van der Waals surface area contributed by atoms with E-state index in [2.05, 4.69) is 10.6 Å². The monoisotopic (exact) mass is 332 g/mol. The maximum absolute atomic E-state index is 12.0. The molecule has 6 heteroatoms. The topological polar surface area (TPSA) is 78.4 Å². The Morgan fingerprint density at radius 3 is 2.57 bits per heavy atom. The first-order valence-electron chi connectivity index (χ1n) is 7.23. The second-order valence-corrected chi connectivity index (χ2v) is 6.58. The SMILES string of the molecule is Cc1cccc(NC(=O)C(=O)NCC(C)(O)c2cccs2)c1C. The molecule has 0 fully saturated rings. The highest BCUT2D eigenvalue weighted by Gasteiger charge is 2.26. The van der Waals surface area contributed by atoms with Gasteiger partial charge < -0.3 is 15.7 Å². The van der Waals surface area contributed by atoms with Gasteiger partial charge in [-0.05, 0) is 49.4 Å². The largest absolute Gasteiger partial charge is 0.383 e. The fraction of sp³-hybridized carbons (Fsp3) is 0.294. The number of nitrogens with one attached hydrogen (secondary N) is 2. The van der Waals surface area contributed by atoms with Gasteiger partial charge in [0.2, 0.25) is 0 Å². The van der Waals surface area contributed by atoms with Crippen LogP contribution < -0.4 is 10.6 Å². The molecular formula is C17H20N2O3S. The number of benzene rings is 1. The number of rotatable bonds is 4. The van der Waals surface area contributed by atoms with Crippen molar-refractivity contribution in [1.29, 1.82) is 0 Å². The molecule has 0 aliphatic rings. The first-order chi connectivity index (χ1) is 10.8. The summed E-state index contributed by atoms with van der Waals surface area (Å²) in [4.78, 5) is 24.6. The van der Waals surface area contributed by atoms with Gasteiger partial charge in [0, 0.05) is 10.6 Å². The van der Waals surface area contributed by atoms with Crippen molar-refractivity contribution in [2.75, 3.05) is 11.9 Å². The fourth-order valence-corrected chi connectivity index (χ4v) is 2.86. The van der Waals surface area contributed by atoms with Crippen LogP contribution in [0.3, 0.4) is 0 Å². The maximum Gasteiger partial charge on any atom is 0.313 e. The highest BCUT2D eigenvalue weighted by atomic mass is 32.1. The third kappa shape index (κ3) is 4.18.